The molecule has 2 bridgehead atoms. The zero-order valence-electron chi connectivity index (χ0n) is 15.7. The molecule has 140 valence electrons. The maximum atomic E-state index is 12.7. The summed E-state index contributed by atoms with van der Waals surface area (Å²) in [6.07, 6.45) is 1.77. The van der Waals surface area contributed by atoms with Crippen molar-refractivity contribution in [3.8, 4) is 0 Å². The number of hydrogen-bond donors (Lipinski definition) is 2. The van der Waals surface area contributed by atoms with Gasteiger partial charge in [-0.2, -0.15) is 0 Å². The molecule has 1 aromatic heterocycles. The van der Waals surface area contributed by atoms with Gasteiger partial charge in [-0.15, -0.1) is 0 Å². The standard InChI is InChI=1S/C21H28N2O3/c1-4-12-11-23(2)17-9-15-13-7-5-6-8-16(13)22-20(15)18(24)10-14(12)19(17)21(25)26-3/h5-8,12,14,17-19,22,24H,4,9-11H2,1-3H3/t12-,14+,17+,18+,19+/m1/s1. The number of likely N-dealkylation sites (tertiary alicyclic amines) is 1. The first-order valence-corrected chi connectivity index (χ1v) is 9.60. The van der Waals surface area contributed by atoms with E-state index in [1.807, 2.05) is 12.1 Å². The number of esters is 1. The van der Waals surface area contributed by atoms with Gasteiger partial charge in [0.15, 0.2) is 0 Å². The third kappa shape index (κ3) is 2.65. The predicted molar refractivity (Wildman–Crippen MR) is 101 cm³/mol. The fraction of sp³-hybridized carbons (Fsp3) is 0.571. The van der Waals surface area contributed by atoms with E-state index in [1.165, 1.54) is 7.11 Å². The number of nitrogens with zero attached hydrogens (tertiary/aromatic N) is 1. The molecule has 0 saturated carbocycles. The van der Waals surface area contributed by atoms with E-state index < -0.39 is 6.10 Å². The topological polar surface area (TPSA) is 65.6 Å². The normalized spacial score (nSPS) is 31.9. The third-order valence-electron chi connectivity index (χ3n) is 6.66. The van der Waals surface area contributed by atoms with Gasteiger partial charge in [-0.05, 0) is 43.4 Å². The number of likely N-dealkylation sites (N-methyl/N-ethyl adjacent to an activating group) is 1. The molecule has 0 spiro atoms. The molecule has 2 N–H and O–H groups in total. The van der Waals surface area contributed by atoms with Crippen molar-refractivity contribution in [3.63, 3.8) is 0 Å². The fourth-order valence-corrected chi connectivity index (χ4v) is 5.33. The second kappa shape index (κ2) is 6.71. The molecular formula is C21H28N2O3. The Morgan fingerprint density at radius 3 is 2.88 bits per heavy atom. The summed E-state index contributed by atoms with van der Waals surface area (Å²) in [7, 11) is 3.59. The smallest absolute Gasteiger partial charge is 0.310 e. The van der Waals surface area contributed by atoms with Crippen molar-refractivity contribution in [2.45, 2.75) is 38.3 Å². The molecular weight excluding hydrogens is 328 g/mol. The lowest BCUT2D eigenvalue weighted by Gasteiger charge is -2.48. The Labute approximate surface area is 154 Å². The first-order valence-electron chi connectivity index (χ1n) is 9.60. The summed E-state index contributed by atoms with van der Waals surface area (Å²) in [5, 5.41) is 12.2. The van der Waals surface area contributed by atoms with E-state index in [2.05, 4.69) is 36.0 Å². The molecule has 5 atom stereocenters. The van der Waals surface area contributed by atoms with Gasteiger partial charge in [0.1, 0.15) is 0 Å². The lowest BCUT2D eigenvalue weighted by molar-refractivity contribution is -0.156. The van der Waals surface area contributed by atoms with Crippen LogP contribution in [0.3, 0.4) is 0 Å². The number of aromatic nitrogens is 1. The average Bonchev–Trinajstić information content (AvgIpc) is 3.01. The van der Waals surface area contributed by atoms with Crippen LogP contribution in [0.4, 0.5) is 0 Å². The number of piperidine rings is 1. The summed E-state index contributed by atoms with van der Waals surface area (Å²) >= 11 is 0. The van der Waals surface area contributed by atoms with Crippen molar-refractivity contribution in [1.82, 2.24) is 9.88 Å². The van der Waals surface area contributed by atoms with Crippen LogP contribution in [0.25, 0.3) is 10.9 Å². The van der Waals surface area contributed by atoms with Crippen LogP contribution in [0.2, 0.25) is 0 Å². The van der Waals surface area contributed by atoms with Crippen LogP contribution < -0.4 is 0 Å². The Morgan fingerprint density at radius 1 is 1.38 bits per heavy atom. The highest BCUT2D eigenvalue weighted by molar-refractivity contribution is 5.85. The van der Waals surface area contributed by atoms with E-state index >= 15 is 0 Å². The summed E-state index contributed by atoms with van der Waals surface area (Å²) < 4.78 is 5.20. The van der Waals surface area contributed by atoms with Crippen LogP contribution in [0, 0.1) is 17.8 Å². The number of hydrogen-bond acceptors (Lipinski definition) is 4. The highest BCUT2D eigenvalue weighted by Crippen LogP contribution is 2.45. The molecule has 4 rings (SSSR count). The minimum atomic E-state index is -0.576. The molecule has 0 unspecified atom stereocenters. The van der Waals surface area contributed by atoms with Crippen LogP contribution in [0.5, 0.6) is 0 Å². The van der Waals surface area contributed by atoms with Gasteiger partial charge in [0, 0.05) is 29.2 Å². The molecule has 5 nitrogen and oxygen atoms in total. The Bertz CT molecular complexity index is 815. The summed E-state index contributed by atoms with van der Waals surface area (Å²) in [5.41, 5.74) is 3.12. The lowest BCUT2D eigenvalue weighted by Crippen LogP contribution is -2.56. The predicted octanol–water partition coefficient (Wildman–Crippen LogP) is 2.89. The first kappa shape index (κ1) is 17.6. The number of para-hydroxylation sites is 1. The van der Waals surface area contributed by atoms with Gasteiger partial charge in [-0.3, -0.25) is 4.79 Å². The number of aromatic amines is 1. The molecule has 1 aliphatic heterocycles. The number of aliphatic hydroxyl groups is 1. The molecule has 0 amide bonds. The van der Waals surface area contributed by atoms with E-state index in [0.717, 1.165) is 41.5 Å². The van der Waals surface area contributed by atoms with Crippen LogP contribution in [0.15, 0.2) is 24.3 Å². The highest BCUT2D eigenvalue weighted by atomic mass is 16.5. The number of ether oxygens (including phenoxy) is 1. The van der Waals surface area contributed by atoms with Gasteiger partial charge in [0.2, 0.25) is 0 Å². The number of benzene rings is 1. The number of rotatable bonds is 2. The van der Waals surface area contributed by atoms with Crippen molar-refractivity contribution in [1.29, 1.82) is 0 Å². The highest BCUT2D eigenvalue weighted by Gasteiger charge is 2.48. The van der Waals surface area contributed by atoms with Gasteiger partial charge >= 0.3 is 5.97 Å². The number of nitrogens with one attached hydrogen (secondary N) is 1. The summed E-state index contributed by atoms with van der Waals surface area (Å²) in [6, 6.07) is 8.28. The van der Waals surface area contributed by atoms with Crippen LogP contribution in [-0.2, 0) is 16.0 Å². The quantitative estimate of drug-likeness (QED) is 0.812. The largest absolute Gasteiger partial charge is 0.469 e. The number of H-pyrrole nitrogens is 1. The Morgan fingerprint density at radius 2 is 2.15 bits per heavy atom. The summed E-state index contributed by atoms with van der Waals surface area (Å²) in [6.45, 7) is 3.14. The summed E-state index contributed by atoms with van der Waals surface area (Å²) in [5.74, 6) is 0.199. The first-order chi connectivity index (χ1) is 12.5. The molecule has 2 aromatic rings. The monoisotopic (exact) mass is 356 g/mol. The SMILES string of the molecule is CC[C@@H]1CN(C)[C@H]2Cc3c([nH]c4ccccc34)[C@@H](O)C[C@@H]1[C@@H]2C(=O)OC. The van der Waals surface area contributed by atoms with Crippen molar-refractivity contribution in [3.05, 3.63) is 35.5 Å². The number of aliphatic hydroxyl groups excluding tert-OH is 1. The number of carbonyl (C=O) groups excluding carboxylic acids is 1. The van der Waals surface area contributed by atoms with Crippen LogP contribution in [0.1, 0.15) is 37.1 Å². The number of carbonyl (C=O) groups is 1. The van der Waals surface area contributed by atoms with E-state index in [9.17, 15) is 9.90 Å². The number of fused-ring (bicyclic) bond motifs is 5. The molecule has 26 heavy (non-hydrogen) atoms. The average molecular weight is 356 g/mol. The van der Waals surface area contributed by atoms with Crippen molar-refractivity contribution in [2.24, 2.45) is 17.8 Å². The molecule has 1 aliphatic carbocycles. The van der Waals surface area contributed by atoms with E-state index in [1.54, 1.807) is 0 Å². The third-order valence-corrected chi connectivity index (χ3v) is 6.66. The zero-order valence-corrected chi connectivity index (χ0v) is 15.7. The van der Waals surface area contributed by atoms with Gasteiger partial charge in [0.25, 0.3) is 0 Å². The fourth-order valence-electron chi connectivity index (χ4n) is 5.33. The van der Waals surface area contributed by atoms with Gasteiger partial charge in [-0.1, -0.05) is 31.5 Å². The van der Waals surface area contributed by atoms with E-state index in [-0.39, 0.29) is 23.8 Å². The number of methoxy groups -OCH3 is 1. The maximum Gasteiger partial charge on any atom is 0.310 e. The molecule has 0 radical (unpaired) electrons. The molecule has 1 saturated heterocycles. The van der Waals surface area contributed by atoms with Crippen molar-refractivity contribution >= 4 is 16.9 Å². The molecule has 1 fully saturated rings. The Balaban J connectivity index is 1.86. The van der Waals surface area contributed by atoms with Crippen LogP contribution >= 0.6 is 0 Å². The van der Waals surface area contributed by atoms with Gasteiger partial charge in [0.05, 0.1) is 19.1 Å². The van der Waals surface area contributed by atoms with E-state index in [0.29, 0.717) is 12.3 Å². The summed E-state index contributed by atoms with van der Waals surface area (Å²) in [4.78, 5) is 18.5. The molecule has 5 heteroatoms. The second-order valence-electron chi connectivity index (χ2n) is 7.91. The van der Waals surface area contributed by atoms with E-state index in [4.69, 9.17) is 4.74 Å². The second-order valence-corrected chi connectivity index (χ2v) is 7.91. The van der Waals surface area contributed by atoms with Crippen LogP contribution in [-0.4, -0.2) is 47.7 Å². The minimum absolute atomic E-state index is 0.0979. The van der Waals surface area contributed by atoms with Crippen molar-refractivity contribution in [2.75, 3.05) is 20.7 Å². The maximum absolute atomic E-state index is 12.7. The minimum Gasteiger partial charge on any atom is -0.469 e. The Hall–Kier alpha value is -1.85. The Kier molecular flexibility index (Phi) is 4.53. The van der Waals surface area contributed by atoms with Gasteiger partial charge < -0.3 is 19.7 Å². The molecule has 1 aromatic carbocycles. The zero-order chi connectivity index (χ0) is 18.4. The van der Waals surface area contributed by atoms with Crippen molar-refractivity contribution < 1.29 is 14.6 Å². The van der Waals surface area contributed by atoms with Gasteiger partial charge in [-0.25, -0.2) is 0 Å². The lowest BCUT2D eigenvalue weighted by atomic mass is 9.67. The molecule has 2 aliphatic rings. The molecule has 2 heterocycles.